The van der Waals surface area contributed by atoms with E-state index in [2.05, 4.69) is 30.2 Å². The minimum absolute atomic E-state index is 0. The molecule has 2 N–H and O–H groups in total. The maximum absolute atomic E-state index is 13.5. The van der Waals surface area contributed by atoms with Crippen LogP contribution in [-0.4, -0.2) is 54.5 Å². The van der Waals surface area contributed by atoms with E-state index in [9.17, 15) is 18.3 Å². The Morgan fingerprint density at radius 1 is 1.15 bits per heavy atom. The number of fused-ring (bicyclic) bond motifs is 1. The third-order valence-electron chi connectivity index (χ3n) is 8.32. The highest BCUT2D eigenvalue weighted by atomic mass is 32.2. The van der Waals surface area contributed by atoms with Crippen LogP contribution in [0.4, 0.5) is 5.82 Å². The van der Waals surface area contributed by atoms with Crippen molar-refractivity contribution < 1.29 is 24.5 Å². The normalized spacial score (nSPS) is 21.3. The van der Waals surface area contributed by atoms with Gasteiger partial charge in [0.05, 0.1) is 29.2 Å². The first-order valence-corrected chi connectivity index (χ1v) is 14.9. The topological polar surface area (TPSA) is 109 Å². The number of hydrogen-bond acceptors (Lipinski definition) is 6. The molecule has 206 valence electrons. The summed E-state index contributed by atoms with van der Waals surface area (Å²) >= 11 is 0. The van der Waals surface area contributed by atoms with Gasteiger partial charge in [-0.2, -0.15) is 4.31 Å². The van der Waals surface area contributed by atoms with Crippen molar-refractivity contribution >= 4 is 21.7 Å². The lowest BCUT2D eigenvalue weighted by Crippen LogP contribution is -2.37. The Bertz CT molecular complexity index is 1540. The number of carbonyl (C=O) groups is 1. The molecule has 0 bridgehead atoms. The zero-order valence-corrected chi connectivity index (χ0v) is 23.0. The van der Waals surface area contributed by atoms with Crippen LogP contribution < -0.4 is 10.1 Å². The number of nitrogens with one attached hydrogen (secondary N) is 1. The van der Waals surface area contributed by atoms with Crippen LogP contribution >= 0.6 is 0 Å². The SMILES string of the molecule is CC1(C)COc2ccc(C3(C(=O)Nc4cccc(-c5ccc(S(=O)(=O)N6CCC[C@@H]6CO)cc5)n4)CC3)cc21.[HH]. The van der Waals surface area contributed by atoms with Gasteiger partial charge in [-0.3, -0.25) is 4.79 Å². The van der Waals surface area contributed by atoms with E-state index in [1.807, 2.05) is 24.3 Å². The molecule has 2 aromatic carbocycles. The maximum atomic E-state index is 13.5. The lowest BCUT2D eigenvalue weighted by Gasteiger charge is -2.22. The molecule has 2 aliphatic heterocycles. The van der Waals surface area contributed by atoms with Crippen LogP contribution in [0.1, 0.15) is 52.1 Å². The molecule has 1 aromatic heterocycles. The molecule has 9 heteroatoms. The zero-order chi connectivity index (χ0) is 27.4. The number of carbonyl (C=O) groups excluding carboxylic acids is 1. The summed E-state index contributed by atoms with van der Waals surface area (Å²) in [5, 5.41) is 12.6. The summed E-state index contributed by atoms with van der Waals surface area (Å²) in [6, 6.07) is 17.7. The first kappa shape index (κ1) is 26.0. The Morgan fingerprint density at radius 2 is 1.92 bits per heavy atom. The Balaban J connectivity index is 0.00000323. The number of ether oxygens (including phenoxy) is 1. The van der Waals surface area contributed by atoms with Gasteiger partial charge in [-0.1, -0.05) is 44.2 Å². The van der Waals surface area contributed by atoms with Crippen molar-refractivity contribution in [1.29, 1.82) is 0 Å². The third-order valence-corrected chi connectivity index (χ3v) is 10.3. The van der Waals surface area contributed by atoms with E-state index in [0.717, 1.165) is 41.7 Å². The van der Waals surface area contributed by atoms with Crippen LogP contribution in [0, 0.1) is 0 Å². The number of nitrogens with zero attached hydrogens (tertiary/aromatic N) is 2. The molecule has 39 heavy (non-hydrogen) atoms. The second-order valence-electron chi connectivity index (χ2n) is 11.4. The molecule has 1 aliphatic carbocycles. The van der Waals surface area contributed by atoms with Gasteiger partial charge in [-0.25, -0.2) is 13.4 Å². The molecule has 1 amide bonds. The van der Waals surface area contributed by atoms with E-state index in [-0.39, 0.29) is 30.3 Å². The summed E-state index contributed by atoms with van der Waals surface area (Å²) in [4.78, 5) is 18.3. The molecule has 0 spiro atoms. The highest BCUT2D eigenvalue weighted by Gasteiger charge is 2.52. The molecule has 2 fully saturated rings. The zero-order valence-electron chi connectivity index (χ0n) is 22.2. The second-order valence-corrected chi connectivity index (χ2v) is 13.3. The van der Waals surface area contributed by atoms with Crippen molar-refractivity contribution in [2.75, 3.05) is 25.1 Å². The van der Waals surface area contributed by atoms with Gasteiger partial charge in [0.25, 0.3) is 0 Å². The first-order valence-electron chi connectivity index (χ1n) is 13.4. The minimum Gasteiger partial charge on any atom is -0.492 e. The first-order chi connectivity index (χ1) is 18.6. The van der Waals surface area contributed by atoms with Crippen molar-refractivity contribution in [1.82, 2.24) is 9.29 Å². The summed E-state index contributed by atoms with van der Waals surface area (Å²) in [7, 11) is -3.68. The molecular weight excluding hydrogens is 514 g/mol. The molecule has 1 saturated heterocycles. The average molecular weight is 550 g/mol. The van der Waals surface area contributed by atoms with Gasteiger partial charge in [-0.05, 0) is 61.6 Å². The molecule has 0 radical (unpaired) electrons. The number of benzene rings is 2. The lowest BCUT2D eigenvalue weighted by molar-refractivity contribution is -0.118. The van der Waals surface area contributed by atoms with Crippen LogP contribution in [0.25, 0.3) is 11.3 Å². The number of aliphatic hydroxyl groups is 1. The van der Waals surface area contributed by atoms with Crippen molar-refractivity contribution in [2.24, 2.45) is 0 Å². The number of anilines is 1. The van der Waals surface area contributed by atoms with Gasteiger partial charge in [0, 0.05) is 30.6 Å². The fraction of sp³-hybridized carbons (Fsp3) is 0.400. The number of aliphatic hydroxyl groups excluding tert-OH is 1. The fourth-order valence-corrected chi connectivity index (χ4v) is 7.42. The summed E-state index contributed by atoms with van der Waals surface area (Å²) in [6.45, 7) is 5.17. The number of sulfonamides is 1. The standard InChI is InChI=1S/C30H33N3O5S.H2/c1-29(2)19-38-26-13-10-21(17-24(26)29)30(14-15-30)28(35)32-27-7-3-6-25(31-27)20-8-11-23(12-9-20)39(36,37)33-16-4-5-22(33)18-34;/h3,6-13,17,22,34H,4-5,14-16,18-19H2,1-2H3,(H,31,32,35);1H/t22-;/m1./s1. The molecular formula is C30H35N3O5S. The molecule has 3 aromatic rings. The Kier molecular flexibility index (Phi) is 6.28. The van der Waals surface area contributed by atoms with Crippen LogP contribution in [0.5, 0.6) is 5.75 Å². The quantitative estimate of drug-likeness (QED) is 0.450. The van der Waals surface area contributed by atoms with Gasteiger partial charge < -0.3 is 15.2 Å². The number of rotatable bonds is 7. The van der Waals surface area contributed by atoms with Crippen LogP contribution in [0.2, 0.25) is 0 Å². The van der Waals surface area contributed by atoms with Gasteiger partial charge in [-0.15, -0.1) is 0 Å². The molecule has 6 rings (SSSR count). The number of hydrogen-bond donors (Lipinski definition) is 2. The largest absolute Gasteiger partial charge is 0.492 e. The number of aromatic nitrogens is 1. The van der Waals surface area contributed by atoms with E-state index < -0.39 is 15.4 Å². The Morgan fingerprint density at radius 3 is 2.64 bits per heavy atom. The average Bonchev–Trinajstić information content (AvgIpc) is 3.50. The van der Waals surface area contributed by atoms with Gasteiger partial charge in [0.15, 0.2) is 0 Å². The number of pyridine rings is 1. The van der Waals surface area contributed by atoms with Crippen LogP contribution in [0.3, 0.4) is 0 Å². The summed E-state index contributed by atoms with van der Waals surface area (Å²) in [6.07, 6.45) is 2.97. The van der Waals surface area contributed by atoms with E-state index in [0.29, 0.717) is 31.1 Å². The Hall–Kier alpha value is -3.27. The summed E-state index contributed by atoms with van der Waals surface area (Å²) in [5.41, 5.74) is 2.87. The van der Waals surface area contributed by atoms with Crippen molar-refractivity contribution in [3.63, 3.8) is 0 Å². The predicted molar refractivity (Wildman–Crippen MR) is 150 cm³/mol. The van der Waals surface area contributed by atoms with Gasteiger partial charge in [0.1, 0.15) is 11.6 Å². The highest BCUT2D eigenvalue weighted by Crippen LogP contribution is 2.51. The summed E-state index contributed by atoms with van der Waals surface area (Å²) < 4.78 is 33.4. The van der Waals surface area contributed by atoms with Gasteiger partial charge >= 0.3 is 0 Å². The van der Waals surface area contributed by atoms with E-state index >= 15 is 0 Å². The molecule has 3 heterocycles. The predicted octanol–water partition coefficient (Wildman–Crippen LogP) is 4.48. The highest BCUT2D eigenvalue weighted by molar-refractivity contribution is 7.89. The van der Waals surface area contributed by atoms with Gasteiger partial charge in [0.2, 0.25) is 15.9 Å². The summed E-state index contributed by atoms with van der Waals surface area (Å²) in [5.74, 6) is 1.27. The van der Waals surface area contributed by atoms with E-state index in [4.69, 9.17) is 4.74 Å². The van der Waals surface area contributed by atoms with Crippen LogP contribution in [-0.2, 0) is 25.6 Å². The number of amides is 1. The van der Waals surface area contributed by atoms with E-state index in [1.165, 1.54) is 4.31 Å². The molecule has 0 unspecified atom stereocenters. The van der Waals surface area contributed by atoms with Crippen molar-refractivity contribution in [2.45, 2.75) is 61.3 Å². The molecule has 1 saturated carbocycles. The minimum atomic E-state index is -3.68. The van der Waals surface area contributed by atoms with Crippen LogP contribution in [0.15, 0.2) is 65.6 Å². The molecule has 1 atom stereocenters. The van der Waals surface area contributed by atoms with Crippen molar-refractivity contribution in [3.05, 3.63) is 71.8 Å². The third kappa shape index (κ3) is 4.52. The fourth-order valence-electron chi connectivity index (χ4n) is 5.73. The van der Waals surface area contributed by atoms with E-state index in [1.54, 1.807) is 30.3 Å². The molecule has 3 aliphatic rings. The maximum Gasteiger partial charge on any atom is 0.243 e. The Labute approximate surface area is 230 Å². The second kappa shape index (κ2) is 9.43. The molecule has 8 nitrogen and oxygen atoms in total. The monoisotopic (exact) mass is 549 g/mol. The smallest absolute Gasteiger partial charge is 0.243 e. The van der Waals surface area contributed by atoms with Crippen molar-refractivity contribution in [3.8, 4) is 17.0 Å². The lowest BCUT2D eigenvalue weighted by atomic mass is 9.83.